The van der Waals surface area contributed by atoms with E-state index in [-0.39, 0.29) is 5.91 Å². The summed E-state index contributed by atoms with van der Waals surface area (Å²) in [5.41, 5.74) is 3.99. The van der Waals surface area contributed by atoms with Crippen LogP contribution >= 0.6 is 15.9 Å². The van der Waals surface area contributed by atoms with Crippen molar-refractivity contribution in [3.05, 3.63) is 39.6 Å². The van der Waals surface area contributed by atoms with Crippen LogP contribution in [0.25, 0.3) is 11.0 Å². The number of carbonyl (C=O) groups excluding carboxylic acids is 1. The first-order valence-corrected chi connectivity index (χ1v) is 7.83. The zero-order valence-electron chi connectivity index (χ0n) is 12.5. The molecule has 4 nitrogen and oxygen atoms in total. The number of amides is 1. The predicted octanol–water partition coefficient (Wildman–Crippen LogP) is 3.40. The van der Waals surface area contributed by atoms with E-state index in [0.29, 0.717) is 6.54 Å². The van der Waals surface area contributed by atoms with Gasteiger partial charge in [-0.3, -0.25) is 4.79 Å². The van der Waals surface area contributed by atoms with Gasteiger partial charge >= 0.3 is 0 Å². The number of benzene rings is 1. The molecule has 2 aromatic rings. The Kier molecular flexibility index (Phi) is 3.61. The summed E-state index contributed by atoms with van der Waals surface area (Å²) in [6.07, 6.45) is 0.930. The van der Waals surface area contributed by atoms with E-state index in [9.17, 15) is 4.79 Å². The Morgan fingerprint density at radius 1 is 1.33 bits per heavy atom. The molecule has 0 unspecified atom stereocenters. The standard InChI is InChI=1S/C16H18BrN3O/c1-10-6-7-20(9-13(10)17)16(21)12-4-5-14-15(8-12)19(3)11(2)18-14/h4-5,8H,6-7,9H2,1-3H3. The van der Waals surface area contributed by atoms with Gasteiger partial charge in [0.15, 0.2) is 0 Å². The van der Waals surface area contributed by atoms with Gasteiger partial charge in [0.1, 0.15) is 5.82 Å². The van der Waals surface area contributed by atoms with E-state index in [4.69, 9.17) is 0 Å². The van der Waals surface area contributed by atoms with Crippen molar-refractivity contribution in [2.45, 2.75) is 20.3 Å². The fourth-order valence-corrected chi connectivity index (χ4v) is 3.12. The van der Waals surface area contributed by atoms with Crippen LogP contribution in [0.4, 0.5) is 0 Å². The van der Waals surface area contributed by atoms with Gasteiger partial charge in [-0.15, -0.1) is 0 Å². The van der Waals surface area contributed by atoms with Gasteiger partial charge in [-0.25, -0.2) is 4.98 Å². The SMILES string of the molecule is CC1=C(Br)CN(C(=O)c2ccc3nc(C)n(C)c3c2)CC1. The van der Waals surface area contributed by atoms with Gasteiger partial charge in [-0.1, -0.05) is 21.5 Å². The van der Waals surface area contributed by atoms with Gasteiger partial charge in [-0.2, -0.15) is 0 Å². The molecular weight excluding hydrogens is 330 g/mol. The van der Waals surface area contributed by atoms with Crippen molar-refractivity contribution in [2.24, 2.45) is 7.05 Å². The maximum absolute atomic E-state index is 12.7. The summed E-state index contributed by atoms with van der Waals surface area (Å²) in [4.78, 5) is 19.0. The highest BCUT2D eigenvalue weighted by atomic mass is 79.9. The summed E-state index contributed by atoms with van der Waals surface area (Å²) in [5, 5.41) is 0. The van der Waals surface area contributed by atoms with Crippen LogP contribution in [0.3, 0.4) is 0 Å². The van der Waals surface area contributed by atoms with E-state index in [0.717, 1.165) is 39.9 Å². The molecule has 0 N–H and O–H groups in total. The van der Waals surface area contributed by atoms with Crippen LogP contribution < -0.4 is 0 Å². The third-order valence-corrected chi connectivity index (χ3v) is 5.12. The number of imidazole rings is 1. The molecule has 0 fully saturated rings. The van der Waals surface area contributed by atoms with Crippen LogP contribution in [-0.4, -0.2) is 33.4 Å². The average molecular weight is 348 g/mol. The van der Waals surface area contributed by atoms with Crippen LogP contribution in [0.1, 0.15) is 29.5 Å². The minimum atomic E-state index is 0.0835. The van der Waals surface area contributed by atoms with E-state index in [1.54, 1.807) is 0 Å². The second-order valence-electron chi connectivity index (χ2n) is 5.58. The van der Waals surface area contributed by atoms with Crippen molar-refractivity contribution in [2.75, 3.05) is 13.1 Å². The lowest BCUT2D eigenvalue weighted by Crippen LogP contribution is -2.35. The second-order valence-corrected chi connectivity index (χ2v) is 6.54. The quantitative estimate of drug-likeness (QED) is 0.792. The number of hydrogen-bond donors (Lipinski definition) is 0. The molecule has 0 atom stereocenters. The molecule has 0 bridgehead atoms. The molecule has 2 heterocycles. The fourth-order valence-electron chi connectivity index (χ4n) is 2.62. The summed E-state index contributed by atoms with van der Waals surface area (Å²) in [6.45, 7) is 5.52. The van der Waals surface area contributed by atoms with Gasteiger partial charge in [0, 0.05) is 23.6 Å². The van der Waals surface area contributed by atoms with Gasteiger partial charge in [0.05, 0.1) is 17.6 Å². The minimum absolute atomic E-state index is 0.0835. The van der Waals surface area contributed by atoms with Crippen molar-refractivity contribution in [3.63, 3.8) is 0 Å². The Bertz CT molecular complexity index is 760. The monoisotopic (exact) mass is 347 g/mol. The van der Waals surface area contributed by atoms with Crippen molar-refractivity contribution >= 4 is 32.9 Å². The Labute approximate surface area is 132 Å². The van der Waals surface area contributed by atoms with E-state index in [1.165, 1.54) is 5.57 Å². The molecule has 0 aliphatic carbocycles. The zero-order chi connectivity index (χ0) is 15.1. The Balaban J connectivity index is 1.93. The minimum Gasteiger partial charge on any atom is -0.333 e. The summed E-state index contributed by atoms with van der Waals surface area (Å²) >= 11 is 3.56. The molecule has 1 aromatic heterocycles. The lowest BCUT2D eigenvalue weighted by Gasteiger charge is -2.28. The summed E-state index contributed by atoms with van der Waals surface area (Å²) in [5.74, 6) is 1.04. The predicted molar refractivity (Wildman–Crippen MR) is 87.6 cm³/mol. The van der Waals surface area contributed by atoms with E-state index in [2.05, 4.69) is 27.8 Å². The number of hydrogen-bond acceptors (Lipinski definition) is 2. The summed E-state index contributed by atoms with van der Waals surface area (Å²) in [6, 6.07) is 5.74. The number of aromatic nitrogens is 2. The summed E-state index contributed by atoms with van der Waals surface area (Å²) < 4.78 is 3.14. The molecule has 1 aliphatic rings. The highest BCUT2D eigenvalue weighted by molar-refractivity contribution is 9.11. The van der Waals surface area contributed by atoms with Crippen molar-refractivity contribution < 1.29 is 4.79 Å². The fraction of sp³-hybridized carbons (Fsp3) is 0.375. The van der Waals surface area contributed by atoms with Gasteiger partial charge in [-0.05, 0) is 38.5 Å². The first-order valence-electron chi connectivity index (χ1n) is 7.04. The largest absolute Gasteiger partial charge is 0.333 e. The van der Waals surface area contributed by atoms with E-state index >= 15 is 0 Å². The van der Waals surface area contributed by atoms with Crippen LogP contribution in [0.2, 0.25) is 0 Å². The second kappa shape index (κ2) is 5.30. The molecule has 21 heavy (non-hydrogen) atoms. The smallest absolute Gasteiger partial charge is 0.254 e. The lowest BCUT2D eigenvalue weighted by atomic mass is 10.1. The van der Waals surface area contributed by atoms with Crippen molar-refractivity contribution in [1.29, 1.82) is 0 Å². The van der Waals surface area contributed by atoms with E-state index < -0.39 is 0 Å². The van der Waals surface area contributed by atoms with Crippen molar-refractivity contribution in [1.82, 2.24) is 14.5 Å². The number of fused-ring (bicyclic) bond motifs is 1. The number of carbonyl (C=O) groups is 1. The maximum Gasteiger partial charge on any atom is 0.254 e. The molecule has 5 heteroatoms. The summed E-state index contributed by atoms with van der Waals surface area (Å²) in [7, 11) is 1.97. The molecular formula is C16H18BrN3O. The Morgan fingerprint density at radius 2 is 2.10 bits per heavy atom. The van der Waals surface area contributed by atoms with Crippen LogP contribution in [0.5, 0.6) is 0 Å². The number of halogens is 1. The zero-order valence-corrected chi connectivity index (χ0v) is 14.1. The molecule has 110 valence electrons. The molecule has 1 aromatic carbocycles. The topological polar surface area (TPSA) is 38.1 Å². The third-order valence-electron chi connectivity index (χ3n) is 4.19. The molecule has 0 saturated heterocycles. The van der Waals surface area contributed by atoms with Crippen LogP contribution in [-0.2, 0) is 7.05 Å². The van der Waals surface area contributed by atoms with Gasteiger partial charge < -0.3 is 9.47 Å². The van der Waals surface area contributed by atoms with Gasteiger partial charge in [0.2, 0.25) is 0 Å². The molecule has 0 saturated carbocycles. The first kappa shape index (κ1) is 14.3. The Hall–Kier alpha value is -1.62. The van der Waals surface area contributed by atoms with Crippen LogP contribution in [0.15, 0.2) is 28.3 Å². The molecule has 1 amide bonds. The first-order chi connectivity index (χ1) is 9.97. The van der Waals surface area contributed by atoms with Crippen molar-refractivity contribution in [3.8, 4) is 0 Å². The third kappa shape index (κ3) is 2.50. The average Bonchev–Trinajstić information content (AvgIpc) is 2.76. The maximum atomic E-state index is 12.7. The molecule has 1 aliphatic heterocycles. The number of rotatable bonds is 1. The number of nitrogens with zero attached hydrogens (tertiary/aromatic N) is 3. The van der Waals surface area contributed by atoms with Crippen LogP contribution in [0, 0.1) is 6.92 Å². The highest BCUT2D eigenvalue weighted by Gasteiger charge is 2.21. The number of aryl methyl sites for hydroxylation is 2. The lowest BCUT2D eigenvalue weighted by molar-refractivity contribution is 0.0768. The molecule has 3 rings (SSSR count). The van der Waals surface area contributed by atoms with E-state index in [1.807, 2.05) is 41.6 Å². The normalized spacial score (nSPS) is 15.9. The molecule has 0 spiro atoms. The van der Waals surface area contributed by atoms with Gasteiger partial charge in [0.25, 0.3) is 5.91 Å². The highest BCUT2D eigenvalue weighted by Crippen LogP contribution is 2.24. The Morgan fingerprint density at radius 3 is 2.81 bits per heavy atom. The molecule has 0 radical (unpaired) electrons.